The van der Waals surface area contributed by atoms with Crippen LogP contribution < -0.4 is 9.47 Å². The standard InChI is InChI=1S/C22H20Cl2N2O4/c1-22(2)15(11-18(23)24)20(22)21(27)30-17(12-25)16-5-4-6-19(26-16)29-14-9-7-13(28-3)8-10-14/h4-11,15,17,20H,1-3H3. The number of benzene rings is 1. The Hall–Kier alpha value is -2.75. The van der Waals surface area contributed by atoms with Crippen LogP contribution in [0.1, 0.15) is 25.6 Å². The summed E-state index contributed by atoms with van der Waals surface area (Å²) in [5.41, 5.74) is -0.0726. The van der Waals surface area contributed by atoms with E-state index < -0.39 is 18.0 Å². The first-order valence-corrected chi connectivity index (χ1v) is 9.93. The Morgan fingerprint density at radius 1 is 1.20 bits per heavy atom. The van der Waals surface area contributed by atoms with Crippen LogP contribution in [0.4, 0.5) is 0 Å². The van der Waals surface area contributed by atoms with Crippen molar-refractivity contribution in [1.82, 2.24) is 4.98 Å². The molecule has 0 amide bonds. The van der Waals surface area contributed by atoms with Gasteiger partial charge < -0.3 is 14.2 Å². The quantitative estimate of drug-likeness (QED) is 0.516. The minimum absolute atomic E-state index is 0.102. The van der Waals surface area contributed by atoms with E-state index in [1.165, 1.54) is 0 Å². The van der Waals surface area contributed by atoms with Crippen molar-refractivity contribution in [3.8, 4) is 23.4 Å². The summed E-state index contributed by atoms with van der Waals surface area (Å²) in [6.45, 7) is 3.83. The van der Waals surface area contributed by atoms with Gasteiger partial charge in [-0.1, -0.05) is 43.1 Å². The largest absolute Gasteiger partial charge is 0.497 e. The molecule has 2 aromatic rings. The van der Waals surface area contributed by atoms with E-state index in [0.717, 1.165) is 0 Å². The lowest BCUT2D eigenvalue weighted by Gasteiger charge is -2.12. The van der Waals surface area contributed by atoms with Crippen LogP contribution in [0.2, 0.25) is 0 Å². The van der Waals surface area contributed by atoms with E-state index in [4.69, 9.17) is 37.4 Å². The molecule has 0 bridgehead atoms. The number of aromatic nitrogens is 1. The average Bonchev–Trinajstić information content (AvgIpc) is 3.25. The van der Waals surface area contributed by atoms with E-state index in [2.05, 4.69) is 4.98 Å². The van der Waals surface area contributed by atoms with Gasteiger partial charge in [0, 0.05) is 6.07 Å². The highest BCUT2D eigenvalue weighted by atomic mass is 35.5. The molecule has 1 aliphatic carbocycles. The molecule has 0 aliphatic heterocycles. The van der Waals surface area contributed by atoms with Crippen molar-refractivity contribution in [2.24, 2.45) is 17.3 Å². The Morgan fingerprint density at radius 2 is 1.87 bits per heavy atom. The van der Waals surface area contributed by atoms with Crippen molar-refractivity contribution in [2.45, 2.75) is 20.0 Å². The van der Waals surface area contributed by atoms with Gasteiger partial charge in [0.15, 0.2) is 0 Å². The van der Waals surface area contributed by atoms with Gasteiger partial charge in [0.25, 0.3) is 0 Å². The summed E-state index contributed by atoms with van der Waals surface area (Å²) < 4.78 is 16.4. The fourth-order valence-electron chi connectivity index (χ4n) is 3.32. The van der Waals surface area contributed by atoms with Gasteiger partial charge in [0.1, 0.15) is 22.1 Å². The number of carbonyl (C=O) groups excluding carboxylic acids is 1. The molecule has 6 nitrogen and oxygen atoms in total. The van der Waals surface area contributed by atoms with E-state index in [1.54, 1.807) is 55.7 Å². The summed E-state index contributed by atoms with van der Waals surface area (Å²) in [7, 11) is 1.58. The zero-order chi connectivity index (χ0) is 21.9. The van der Waals surface area contributed by atoms with Crippen LogP contribution in [0, 0.1) is 28.6 Å². The predicted octanol–water partition coefficient (Wildman–Crippen LogP) is 5.58. The third-order valence-corrected chi connectivity index (χ3v) is 5.37. The molecule has 8 heteroatoms. The third kappa shape index (κ3) is 4.86. The Kier molecular flexibility index (Phi) is 6.55. The maximum atomic E-state index is 12.6. The fraction of sp³-hybridized carbons (Fsp3) is 0.318. The average molecular weight is 447 g/mol. The number of pyridine rings is 1. The maximum Gasteiger partial charge on any atom is 0.311 e. The molecular formula is C22H20Cl2N2O4. The summed E-state index contributed by atoms with van der Waals surface area (Å²) >= 11 is 11.5. The minimum Gasteiger partial charge on any atom is -0.497 e. The van der Waals surface area contributed by atoms with Crippen molar-refractivity contribution in [1.29, 1.82) is 5.26 Å². The van der Waals surface area contributed by atoms with Crippen molar-refractivity contribution in [2.75, 3.05) is 7.11 Å². The lowest BCUT2D eigenvalue weighted by Crippen LogP contribution is -2.15. The number of esters is 1. The Balaban J connectivity index is 1.71. The molecule has 1 aliphatic rings. The second-order valence-corrected chi connectivity index (χ2v) is 8.41. The highest BCUT2D eigenvalue weighted by Gasteiger charge is 2.62. The van der Waals surface area contributed by atoms with Gasteiger partial charge in [-0.25, -0.2) is 4.98 Å². The normalized spacial score (nSPS) is 19.7. The molecule has 156 valence electrons. The summed E-state index contributed by atoms with van der Waals surface area (Å²) in [5.74, 6) is 0.457. The number of nitrogens with zero attached hydrogens (tertiary/aromatic N) is 2. The summed E-state index contributed by atoms with van der Waals surface area (Å²) in [6, 6.07) is 13.9. The second-order valence-electron chi connectivity index (χ2n) is 7.41. The molecule has 1 aromatic carbocycles. The molecule has 3 rings (SSSR count). The highest BCUT2D eigenvalue weighted by molar-refractivity contribution is 6.55. The second kappa shape index (κ2) is 8.95. The summed E-state index contributed by atoms with van der Waals surface area (Å²) in [6.07, 6.45) is 0.460. The molecule has 0 saturated heterocycles. The van der Waals surface area contributed by atoms with Gasteiger partial charge >= 0.3 is 5.97 Å². The molecule has 1 fully saturated rings. The number of halogens is 2. The molecule has 1 heterocycles. The van der Waals surface area contributed by atoms with Crippen molar-refractivity contribution >= 4 is 29.2 Å². The molecule has 3 unspecified atom stereocenters. The van der Waals surface area contributed by atoms with Crippen LogP contribution in [-0.4, -0.2) is 18.1 Å². The number of ether oxygens (including phenoxy) is 3. The van der Waals surface area contributed by atoms with Crippen molar-refractivity contribution in [3.05, 3.63) is 58.7 Å². The zero-order valence-electron chi connectivity index (χ0n) is 16.6. The number of nitriles is 1. The monoisotopic (exact) mass is 446 g/mol. The van der Waals surface area contributed by atoms with Gasteiger partial charge in [0.05, 0.1) is 18.7 Å². The molecule has 0 spiro atoms. The molecular weight excluding hydrogens is 427 g/mol. The van der Waals surface area contributed by atoms with Gasteiger partial charge in [0.2, 0.25) is 12.0 Å². The first-order valence-electron chi connectivity index (χ1n) is 9.18. The number of rotatable bonds is 7. The van der Waals surface area contributed by atoms with E-state index in [1.807, 2.05) is 19.9 Å². The maximum absolute atomic E-state index is 12.6. The van der Waals surface area contributed by atoms with Crippen molar-refractivity contribution < 1.29 is 19.0 Å². The molecule has 0 N–H and O–H groups in total. The van der Waals surface area contributed by atoms with Gasteiger partial charge in [-0.15, -0.1) is 0 Å². The summed E-state index contributed by atoms with van der Waals surface area (Å²) in [5, 5.41) is 9.53. The van der Waals surface area contributed by atoms with Crippen LogP contribution in [0.25, 0.3) is 0 Å². The SMILES string of the molecule is COc1ccc(Oc2cccc(C(C#N)OC(=O)C3C(C=C(Cl)Cl)C3(C)C)n2)cc1. The summed E-state index contributed by atoms with van der Waals surface area (Å²) in [4.78, 5) is 16.9. The lowest BCUT2D eigenvalue weighted by molar-refractivity contribution is -0.149. The fourth-order valence-corrected chi connectivity index (χ4v) is 3.59. The number of carbonyl (C=O) groups is 1. The smallest absolute Gasteiger partial charge is 0.311 e. The number of hydrogen-bond donors (Lipinski definition) is 0. The van der Waals surface area contributed by atoms with Crippen LogP contribution in [0.3, 0.4) is 0 Å². The molecule has 0 radical (unpaired) electrons. The Bertz CT molecular complexity index is 995. The first kappa shape index (κ1) is 21.9. The van der Waals surface area contributed by atoms with Crippen LogP contribution in [0.15, 0.2) is 53.0 Å². The van der Waals surface area contributed by atoms with E-state index in [-0.39, 0.29) is 27.4 Å². The lowest BCUT2D eigenvalue weighted by atomic mass is 10.1. The first-order chi connectivity index (χ1) is 14.3. The van der Waals surface area contributed by atoms with E-state index in [9.17, 15) is 10.1 Å². The number of hydrogen-bond acceptors (Lipinski definition) is 6. The molecule has 30 heavy (non-hydrogen) atoms. The molecule has 1 aromatic heterocycles. The molecule has 1 saturated carbocycles. The van der Waals surface area contributed by atoms with Crippen molar-refractivity contribution in [3.63, 3.8) is 0 Å². The minimum atomic E-state index is -1.16. The zero-order valence-corrected chi connectivity index (χ0v) is 18.1. The van der Waals surface area contributed by atoms with E-state index >= 15 is 0 Å². The van der Waals surface area contributed by atoms with Gasteiger partial charge in [-0.2, -0.15) is 5.26 Å². The van der Waals surface area contributed by atoms with E-state index in [0.29, 0.717) is 11.5 Å². The Labute approximate surface area is 185 Å². The van der Waals surface area contributed by atoms with Gasteiger partial charge in [-0.05, 0) is 47.7 Å². The third-order valence-electron chi connectivity index (χ3n) is 5.12. The molecule has 3 atom stereocenters. The number of methoxy groups -OCH3 is 1. The number of allylic oxidation sites excluding steroid dienone is 1. The Morgan fingerprint density at radius 3 is 2.47 bits per heavy atom. The topological polar surface area (TPSA) is 81.4 Å². The highest BCUT2D eigenvalue weighted by Crippen LogP contribution is 2.60. The van der Waals surface area contributed by atoms with Crippen LogP contribution >= 0.6 is 23.2 Å². The van der Waals surface area contributed by atoms with Crippen LogP contribution in [0.5, 0.6) is 17.4 Å². The predicted molar refractivity (Wildman–Crippen MR) is 112 cm³/mol. The van der Waals surface area contributed by atoms with Crippen LogP contribution in [-0.2, 0) is 9.53 Å². The van der Waals surface area contributed by atoms with Gasteiger partial charge in [-0.3, -0.25) is 4.79 Å².